The first-order valence-electron chi connectivity index (χ1n) is 5.32. The average molecular weight is 226 g/mol. The number of hydrogen-bond acceptors (Lipinski definition) is 3. The van der Waals surface area contributed by atoms with Gasteiger partial charge in [0.15, 0.2) is 0 Å². The molecule has 0 radical (unpaired) electrons. The number of carbonyl (C=O) groups is 1. The third-order valence-corrected chi connectivity index (χ3v) is 3.28. The van der Waals surface area contributed by atoms with Crippen LogP contribution in [-0.4, -0.2) is 16.9 Å². The van der Waals surface area contributed by atoms with Gasteiger partial charge in [0.25, 0.3) is 0 Å². The summed E-state index contributed by atoms with van der Waals surface area (Å²) in [5, 5.41) is 6.01. The first kappa shape index (κ1) is 12.2. The molecule has 4 heteroatoms. The smallest absolute Gasteiger partial charge is 0.220 e. The summed E-state index contributed by atoms with van der Waals surface area (Å²) in [5.74, 6) is 0.122. The molecular formula is C11H18N2OS. The summed E-state index contributed by atoms with van der Waals surface area (Å²) in [6.45, 7) is 6.06. The van der Waals surface area contributed by atoms with Crippen LogP contribution in [-0.2, 0) is 11.2 Å². The van der Waals surface area contributed by atoms with E-state index in [0.29, 0.717) is 6.42 Å². The summed E-state index contributed by atoms with van der Waals surface area (Å²) in [6.07, 6.45) is 2.26. The van der Waals surface area contributed by atoms with Crippen molar-refractivity contribution >= 4 is 17.2 Å². The second kappa shape index (κ2) is 5.85. The van der Waals surface area contributed by atoms with Crippen LogP contribution in [0.15, 0.2) is 5.38 Å². The van der Waals surface area contributed by atoms with Gasteiger partial charge in [0, 0.05) is 30.0 Å². The number of amides is 1. The Bertz CT molecular complexity index is 322. The SMILES string of the molecule is CCC(C)NC(=O)CCc1nc(C)cs1. The monoisotopic (exact) mass is 226 g/mol. The van der Waals surface area contributed by atoms with Crippen molar-refractivity contribution in [2.45, 2.75) is 46.1 Å². The van der Waals surface area contributed by atoms with Crippen molar-refractivity contribution in [2.24, 2.45) is 0 Å². The van der Waals surface area contributed by atoms with Crippen LogP contribution in [0.5, 0.6) is 0 Å². The average Bonchev–Trinajstić information content (AvgIpc) is 2.61. The maximum Gasteiger partial charge on any atom is 0.220 e. The van der Waals surface area contributed by atoms with E-state index in [9.17, 15) is 4.79 Å². The predicted molar refractivity (Wildman–Crippen MR) is 63.1 cm³/mol. The molecule has 0 aliphatic heterocycles. The van der Waals surface area contributed by atoms with Crippen molar-refractivity contribution in [3.63, 3.8) is 0 Å². The van der Waals surface area contributed by atoms with Crippen molar-refractivity contribution in [1.29, 1.82) is 0 Å². The molecule has 1 rings (SSSR count). The van der Waals surface area contributed by atoms with Crippen molar-refractivity contribution in [2.75, 3.05) is 0 Å². The number of nitrogens with one attached hydrogen (secondary N) is 1. The number of carbonyl (C=O) groups excluding carboxylic acids is 1. The zero-order valence-electron chi connectivity index (χ0n) is 9.54. The lowest BCUT2D eigenvalue weighted by atomic mass is 10.2. The summed E-state index contributed by atoms with van der Waals surface area (Å²) in [7, 11) is 0. The van der Waals surface area contributed by atoms with Gasteiger partial charge in [0.1, 0.15) is 0 Å². The molecule has 0 aliphatic rings. The summed E-state index contributed by atoms with van der Waals surface area (Å²) in [6, 6.07) is 0.274. The highest BCUT2D eigenvalue weighted by Gasteiger charge is 2.06. The summed E-state index contributed by atoms with van der Waals surface area (Å²) >= 11 is 1.63. The van der Waals surface area contributed by atoms with Crippen molar-refractivity contribution in [1.82, 2.24) is 10.3 Å². The fourth-order valence-corrected chi connectivity index (χ4v) is 1.96. The Morgan fingerprint density at radius 1 is 1.67 bits per heavy atom. The fourth-order valence-electron chi connectivity index (χ4n) is 1.19. The molecule has 84 valence electrons. The Balaban J connectivity index is 2.28. The minimum Gasteiger partial charge on any atom is -0.354 e. The Kier molecular flexibility index (Phi) is 4.75. The quantitative estimate of drug-likeness (QED) is 0.837. The molecule has 0 fully saturated rings. The van der Waals surface area contributed by atoms with Gasteiger partial charge in [-0.1, -0.05) is 6.92 Å². The lowest BCUT2D eigenvalue weighted by Gasteiger charge is -2.10. The molecule has 3 nitrogen and oxygen atoms in total. The Morgan fingerprint density at radius 2 is 2.40 bits per heavy atom. The molecular weight excluding hydrogens is 208 g/mol. The van der Waals surface area contributed by atoms with Crippen LogP contribution in [0.2, 0.25) is 0 Å². The van der Waals surface area contributed by atoms with E-state index in [1.807, 2.05) is 19.2 Å². The van der Waals surface area contributed by atoms with E-state index in [2.05, 4.69) is 17.2 Å². The second-order valence-corrected chi connectivity index (χ2v) is 4.70. The predicted octanol–water partition coefficient (Wildman–Crippen LogP) is 2.30. The molecule has 1 aromatic heterocycles. The van der Waals surface area contributed by atoms with E-state index in [0.717, 1.165) is 23.5 Å². The van der Waals surface area contributed by atoms with Crippen LogP contribution in [0.3, 0.4) is 0 Å². The minimum atomic E-state index is 0.122. The molecule has 1 unspecified atom stereocenters. The van der Waals surface area contributed by atoms with Gasteiger partial charge in [-0.2, -0.15) is 0 Å². The van der Waals surface area contributed by atoms with Gasteiger partial charge in [-0.05, 0) is 20.3 Å². The molecule has 0 aromatic carbocycles. The molecule has 0 bridgehead atoms. The zero-order chi connectivity index (χ0) is 11.3. The molecule has 0 spiro atoms. The van der Waals surface area contributed by atoms with Crippen LogP contribution in [0, 0.1) is 6.92 Å². The van der Waals surface area contributed by atoms with E-state index >= 15 is 0 Å². The number of thiazole rings is 1. The van der Waals surface area contributed by atoms with E-state index in [1.165, 1.54) is 0 Å². The molecule has 1 atom stereocenters. The molecule has 1 heterocycles. The lowest BCUT2D eigenvalue weighted by molar-refractivity contribution is -0.121. The molecule has 1 aromatic rings. The van der Waals surface area contributed by atoms with Crippen LogP contribution < -0.4 is 5.32 Å². The number of rotatable bonds is 5. The van der Waals surface area contributed by atoms with Crippen molar-refractivity contribution in [3.8, 4) is 0 Å². The molecule has 0 aliphatic carbocycles. The Morgan fingerprint density at radius 3 is 2.93 bits per heavy atom. The van der Waals surface area contributed by atoms with Gasteiger partial charge < -0.3 is 5.32 Å². The Labute approximate surface area is 94.9 Å². The summed E-state index contributed by atoms with van der Waals surface area (Å²) < 4.78 is 0. The molecule has 1 N–H and O–H groups in total. The summed E-state index contributed by atoms with van der Waals surface area (Å²) in [4.78, 5) is 15.8. The van der Waals surface area contributed by atoms with Crippen LogP contribution >= 0.6 is 11.3 Å². The van der Waals surface area contributed by atoms with E-state index < -0.39 is 0 Å². The molecule has 1 amide bonds. The number of aryl methyl sites for hydroxylation is 2. The molecule has 0 saturated heterocycles. The van der Waals surface area contributed by atoms with Gasteiger partial charge in [-0.15, -0.1) is 11.3 Å². The highest BCUT2D eigenvalue weighted by molar-refractivity contribution is 7.09. The fraction of sp³-hybridized carbons (Fsp3) is 0.636. The Hall–Kier alpha value is -0.900. The number of aromatic nitrogens is 1. The second-order valence-electron chi connectivity index (χ2n) is 3.76. The van der Waals surface area contributed by atoms with Gasteiger partial charge in [-0.3, -0.25) is 4.79 Å². The summed E-state index contributed by atoms with van der Waals surface area (Å²) in [5.41, 5.74) is 1.04. The maximum absolute atomic E-state index is 11.5. The van der Waals surface area contributed by atoms with Crippen LogP contribution in [0.4, 0.5) is 0 Å². The first-order valence-corrected chi connectivity index (χ1v) is 6.20. The highest BCUT2D eigenvalue weighted by Crippen LogP contribution is 2.10. The van der Waals surface area contributed by atoms with Crippen molar-refractivity contribution < 1.29 is 4.79 Å². The first-order chi connectivity index (χ1) is 7.11. The van der Waals surface area contributed by atoms with Gasteiger partial charge in [0.05, 0.1) is 5.01 Å². The van der Waals surface area contributed by atoms with E-state index in [4.69, 9.17) is 0 Å². The van der Waals surface area contributed by atoms with Crippen LogP contribution in [0.1, 0.15) is 37.4 Å². The number of hydrogen-bond donors (Lipinski definition) is 1. The van der Waals surface area contributed by atoms with E-state index in [-0.39, 0.29) is 11.9 Å². The highest BCUT2D eigenvalue weighted by atomic mass is 32.1. The van der Waals surface area contributed by atoms with Gasteiger partial charge >= 0.3 is 0 Å². The molecule has 0 saturated carbocycles. The largest absolute Gasteiger partial charge is 0.354 e. The van der Waals surface area contributed by atoms with Gasteiger partial charge in [0.2, 0.25) is 5.91 Å². The van der Waals surface area contributed by atoms with Crippen LogP contribution in [0.25, 0.3) is 0 Å². The topological polar surface area (TPSA) is 42.0 Å². The third kappa shape index (κ3) is 4.42. The normalized spacial score (nSPS) is 12.5. The standard InChI is InChI=1S/C11H18N2OS/c1-4-8(2)12-10(14)5-6-11-13-9(3)7-15-11/h7-8H,4-6H2,1-3H3,(H,12,14). The van der Waals surface area contributed by atoms with Gasteiger partial charge in [-0.25, -0.2) is 4.98 Å². The zero-order valence-corrected chi connectivity index (χ0v) is 10.4. The molecule has 15 heavy (non-hydrogen) atoms. The number of nitrogens with zero attached hydrogens (tertiary/aromatic N) is 1. The van der Waals surface area contributed by atoms with E-state index in [1.54, 1.807) is 11.3 Å². The van der Waals surface area contributed by atoms with Crippen molar-refractivity contribution in [3.05, 3.63) is 16.1 Å². The maximum atomic E-state index is 11.5. The third-order valence-electron chi connectivity index (χ3n) is 2.25. The minimum absolute atomic E-state index is 0.122. The lowest BCUT2D eigenvalue weighted by Crippen LogP contribution is -2.31.